The van der Waals surface area contributed by atoms with Crippen molar-refractivity contribution in [2.45, 2.75) is 46.0 Å². The highest BCUT2D eigenvalue weighted by Gasteiger charge is 2.19. The molecule has 0 aromatic rings. The van der Waals surface area contributed by atoms with Gasteiger partial charge in [-0.15, -0.1) is 0 Å². The monoisotopic (exact) mass is 200 g/mol. The van der Waals surface area contributed by atoms with Crippen LogP contribution in [0.15, 0.2) is 12.2 Å². The molecule has 0 saturated carbocycles. The van der Waals surface area contributed by atoms with E-state index in [1.54, 1.807) is 0 Å². The van der Waals surface area contributed by atoms with Gasteiger partial charge in [-0.25, -0.2) is 4.79 Å². The fourth-order valence-corrected chi connectivity index (χ4v) is 1.52. The molecule has 0 bridgehead atoms. The molecular weight excluding hydrogens is 180 g/mol. The van der Waals surface area contributed by atoms with Crippen LogP contribution in [0.2, 0.25) is 0 Å². The van der Waals surface area contributed by atoms with E-state index in [0.29, 0.717) is 5.57 Å². The predicted molar refractivity (Wildman–Crippen MR) is 55.8 cm³/mol. The lowest BCUT2D eigenvalue weighted by Crippen LogP contribution is -2.14. The third kappa shape index (κ3) is 4.42. The topological polar surface area (TPSA) is 46.5 Å². The highest BCUT2D eigenvalue weighted by atomic mass is 17.1. The van der Waals surface area contributed by atoms with E-state index in [1.165, 1.54) is 0 Å². The van der Waals surface area contributed by atoms with Crippen molar-refractivity contribution in [2.75, 3.05) is 0 Å². The van der Waals surface area contributed by atoms with Crippen LogP contribution in [0.3, 0.4) is 0 Å². The molecule has 0 saturated heterocycles. The average molecular weight is 200 g/mol. The van der Waals surface area contributed by atoms with Gasteiger partial charge in [-0.2, -0.15) is 5.26 Å². The van der Waals surface area contributed by atoms with Crippen LogP contribution in [-0.4, -0.2) is 11.2 Å². The zero-order valence-corrected chi connectivity index (χ0v) is 9.08. The minimum atomic E-state index is -0.695. The lowest BCUT2D eigenvalue weighted by molar-refractivity contribution is -0.230. The van der Waals surface area contributed by atoms with Crippen molar-refractivity contribution in [3.05, 3.63) is 12.2 Å². The van der Waals surface area contributed by atoms with Gasteiger partial charge < -0.3 is 0 Å². The lowest BCUT2D eigenvalue weighted by atomic mass is 9.90. The van der Waals surface area contributed by atoms with Crippen molar-refractivity contribution in [1.29, 1.82) is 0 Å². The van der Waals surface area contributed by atoms with Crippen LogP contribution in [0.25, 0.3) is 0 Å². The van der Waals surface area contributed by atoms with Crippen molar-refractivity contribution in [1.82, 2.24) is 0 Å². The van der Waals surface area contributed by atoms with Gasteiger partial charge in [0, 0.05) is 5.57 Å². The van der Waals surface area contributed by atoms with E-state index >= 15 is 0 Å². The maximum Gasteiger partial charge on any atom is 0.368 e. The lowest BCUT2D eigenvalue weighted by Gasteiger charge is -2.15. The number of rotatable bonds is 7. The number of carbonyl (C=O) groups excluding carboxylic acids is 1. The van der Waals surface area contributed by atoms with Crippen LogP contribution in [0.4, 0.5) is 0 Å². The first-order valence-electron chi connectivity index (χ1n) is 5.21. The molecule has 0 aromatic heterocycles. The first-order valence-corrected chi connectivity index (χ1v) is 5.21. The van der Waals surface area contributed by atoms with Crippen LogP contribution in [0, 0.1) is 5.92 Å². The van der Waals surface area contributed by atoms with E-state index in [4.69, 9.17) is 5.26 Å². The Balaban J connectivity index is 4.17. The molecule has 0 aliphatic carbocycles. The molecule has 0 spiro atoms. The Bertz CT molecular complexity index is 187. The summed E-state index contributed by atoms with van der Waals surface area (Å²) in [5.74, 6) is -0.542. The fraction of sp³-hybridized carbons (Fsp3) is 0.727. The Labute approximate surface area is 85.7 Å². The molecule has 0 aliphatic heterocycles. The first-order chi connectivity index (χ1) is 6.67. The van der Waals surface area contributed by atoms with Gasteiger partial charge in [0.05, 0.1) is 0 Å². The summed E-state index contributed by atoms with van der Waals surface area (Å²) in [6, 6.07) is 0. The van der Waals surface area contributed by atoms with Gasteiger partial charge in [0.1, 0.15) is 0 Å². The highest BCUT2D eigenvalue weighted by molar-refractivity contribution is 5.87. The predicted octanol–water partition coefficient (Wildman–Crippen LogP) is 3.17. The molecular formula is C11H20O3. The molecule has 1 atom stereocenters. The minimum Gasteiger partial charge on any atom is -0.296 e. The summed E-state index contributed by atoms with van der Waals surface area (Å²) in [6.45, 7) is 7.84. The van der Waals surface area contributed by atoms with Crippen LogP contribution < -0.4 is 0 Å². The maximum atomic E-state index is 11.0. The Morgan fingerprint density at radius 1 is 1.36 bits per heavy atom. The van der Waals surface area contributed by atoms with Gasteiger partial charge in [-0.05, 0) is 18.8 Å². The van der Waals surface area contributed by atoms with Gasteiger partial charge in [-0.1, -0.05) is 39.7 Å². The zero-order chi connectivity index (χ0) is 11.0. The molecule has 1 N–H and O–H groups in total. The van der Waals surface area contributed by atoms with Gasteiger partial charge in [0.15, 0.2) is 0 Å². The van der Waals surface area contributed by atoms with Gasteiger partial charge in [-0.3, -0.25) is 4.89 Å². The smallest absolute Gasteiger partial charge is 0.296 e. The molecule has 1 unspecified atom stereocenters. The third-order valence-electron chi connectivity index (χ3n) is 2.38. The highest BCUT2D eigenvalue weighted by Crippen LogP contribution is 2.22. The summed E-state index contributed by atoms with van der Waals surface area (Å²) >= 11 is 0. The SMILES string of the molecule is C=C(C(=O)OO)C(CCC)CCCC. The molecule has 0 fully saturated rings. The van der Waals surface area contributed by atoms with Crippen LogP contribution >= 0.6 is 0 Å². The first kappa shape index (κ1) is 13.2. The van der Waals surface area contributed by atoms with Crippen molar-refractivity contribution in [2.24, 2.45) is 5.92 Å². The number of hydrogen-bond donors (Lipinski definition) is 1. The van der Waals surface area contributed by atoms with Crippen LogP contribution in [-0.2, 0) is 9.68 Å². The molecule has 0 radical (unpaired) electrons. The summed E-state index contributed by atoms with van der Waals surface area (Å²) in [5, 5.41) is 8.24. The number of unbranched alkanes of at least 4 members (excludes halogenated alkanes) is 1. The zero-order valence-electron chi connectivity index (χ0n) is 9.08. The van der Waals surface area contributed by atoms with Crippen molar-refractivity contribution < 1.29 is 14.9 Å². The van der Waals surface area contributed by atoms with E-state index in [-0.39, 0.29) is 5.92 Å². The van der Waals surface area contributed by atoms with Crippen LogP contribution in [0.1, 0.15) is 46.0 Å². The van der Waals surface area contributed by atoms with Crippen LogP contribution in [0.5, 0.6) is 0 Å². The largest absolute Gasteiger partial charge is 0.368 e. The molecule has 0 aromatic carbocycles. The van der Waals surface area contributed by atoms with E-state index in [1.807, 2.05) is 0 Å². The number of carbonyl (C=O) groups is 1. The Morgan fingerprint density at radius 3 is 2.43 bits per heavy atom. The summed E-state index contributed by atoms with van der Waals surface area (Å²) in [6.07, 6.45) is 5.04. The summed E-state index contributed by atoms with van der Waals surface area (Å²) in [7, 11) is 0. The second kappa shape index (κ2) is 7.56. The maximum absolute atomic E-state index is 11.0. The van der Waals surface area contributed by atoms with Gasteiger partial charge >= 0.3 is 5.97 Å². The Kier molecular flexibility index (Phi) is 7.11. The number of hydrogen-bond acceptors (Lipinski definition) is 3. The molecule has 14 heavy (non-hydrogen) atoms. The second-order valence-electron chi connectivity index (χ2n) is 3.53. The molecule has 3 nitrogen and oxygen atoms in total. The minimum absolute atomic E-state index is 0.152. The molecule has 0 aliphatic rings. The second-order valence-corrected chi connectivity index (χ2v) is 3.53. The van der Waals surface area contributed by atoms with Crippen molar-refractivity contribution >= 4 is 5.97 Å². The van der Waals surface area contributed by atoms with E-state index in [0.717, 1.165) is 32.1 Å². The molecule has 0 heterocycles. The van der Waals surface area contributed by atoms with Gasteiger partial charge in [0.25, 0.3) is 0 Å². The van der Waals surface area contributed by atoms with E-state index in [2.05, 4.69) is 25.3 Å². The average Bonchev–Trinajstić information content (AvgIpc) is 2.22. The van der Waals surface area contributed by atoms with Gasteiger partial charge in [0.2, 0.25) is 0 Å². The normalized spacial score (nSPS) is 12.2. The van der Waals surface area contributed by atoms with E-state index < -0.39 is 5.97 Å². The van der Waals surface area contributed by atoms with Crippen molar-refractivity contribution in [3.63, 3.8) is 0 Å². The molecule has 3 heteroatoms. The van der Waals surface area contributed by atoms with Crippen molar-refractivity contribution in [3.8, 4) is 0 Å². The molecule has 82 valence electrons. The third-order valence-corrected chi connectivity index (χ3v) is 2.38. The fourth-order valence-electron chi connectivity index (χ4n) is 1.52. The summed E-state index contributed by atoms with van der Waals surface area (Å²) in [5.41, 5.74) is 0.391. The summed E-state index contributed by atoms with van der Waals surface area (Å²) < 4.78 is 0. The quantitative estimate of drug-likeness (QED) is 0.390. The van der Waals surface area contributed by atoms with E-state index in [9.17, 15) is 4.79 Å². The molecule has 0 rings (SSSR count). The summed E-state index contributed by atoms with van der Waals surface area (Å²) in [4.78, 5) is 14.7. The Hall–Kier alpha value is -0.830. The Morgan fingerprint density at radius 2 is 2.00 bits per heavy atom. The molecule has 0 amide bonds. The standard InChI is InChI=1S/C11H20O3/c1-4-6-8-10(7-5-2)9(3)11(12)14-13/h10,13H,3-8H2,1-2H3.